The quantitative estimate of drug-likeness (QED) is 0.646. The Bertz CT molecular complexity index is 989. The monoisotopic (exact) mass is 420 g/mol. The van der Waals surface area contributed by atoms with Crippen LogP contribution >= 0.6 is 34.5 Å². The van der Waals surface area contributed by atoms with Crippen molar-refractivity contribution in [3.8, 4) is 5.75 Å². The number of anilines is 1. The summed E-state index contributed by atoms with van der Waals surface area (Å²) in [4.78, 5) is 23.9. The van der Waals surface area contributed by atoms with Gasteiger partial charge in [0.25, 0.3) is 5.91 Å². The van der Waals surface area contributed by atoms with Crippen molar-refractivity contribution in [2.75, 3.05) is 5.32 Å². The summed E-state index contributed by atoms with van der Waals surface area (Å²) in [6, 6.07) is 10.6. The lowest BCUT2D eigenvalue weighted by molar-refractivity contribution is -0.254. The first-order valence-corrected chi connectivity index (χ1v) is 9.39. The molecule has 0 saturated carbocycles. The maximum absolute atomic E-state index is 12.4. The Morgan fingerprint density at radius 1 is 1.07 bits per heavy atom. The van der Waals surface area contributed by atoms with Gasteiger partial charge in [0.05, 0.1) is 22.2 Å². The van der Waals surface area contributed by atoms with Crippen molar-refractivity contribution in [1.29, 1.82) is 0 Å². The number of carbonyl (C=O) groups is 2. The summed E-state index contributed by atoms with van der Waals surface area (Å²) >= 11 is 13.4. The van der Waals surface area contributed by atoms with Crippen LogP contribution in [-0.2, 0) is 6.61 Å². The standard InChI is InChI=1S/C19H13Cl2NO4S/c20-12-1-3-14(16(21)7-12)18(23)22-17-4-2-13(8-15(17)19(24)25)26-9-11-5-6-27-10-11/h1-8,10H,9H2,(H,22,23)(H,24,25)/p-1. The maximum atomic E-state index is 12.4. The third kappa shape index (κ3) is 4.80. The van der Waals surface area contributed by atoms with Crippen LogP contribution < -0.4 is 15.2 Å². The van der Waals surface area contributed by atoms with E-state index in [1.807, 2.05) is 16.8 Å². The van der Waals surface area contributed by atoms with E-state index in [9.17, 15) is 14.7 Å². The van der Waals surface area contributed by atoms with Crippen LogP contribution in [0.1, 0.15) is 26.3 Å². The number of thiophene rings is 1. The Balaban J connectivity index is 1.80. The van der Waals surface area contributed by atoms with Crippen molar-refractivity contribution in [2.45, 2.75) is 6.61 Å². The number of benzene rings is 2. The average molecular weight is 421 g/mol. The minimum absolute atomic E-state index is 0.0777. The van der Waals surface area contributed by atoms with Gasteiger partial charge in [0.1, 0.15) is 12.4 Å². The molecular formula is C19H12Cl2NO4S-. The molecule has 0 fully saturated rings. The van der Waals surface area contributed by atoms with E-state index in [0.29, 0.717) is 17.4 Å². The smallest absolute Gasteiger partial charge is 0.257 e. The molecule has 8 heteroatoms. The van der Waals surface area contributed by atoms with E-state index in [2.05, 4.69) is 5.32 Å². The van der Waals surface area contributed by atoms with Crippen molar-refractivity contribution < 1.29 is 19.4 Å². The maximum Gasteiger partial charge on any atom is 0.257 e. The molecule has 3 rings (SSSR count). The number of hydrogen-bond acceptors (Lipinski definition) is 5. The average Bonchev–Trinajstić information content (AvgIpc) is 3.14. The molecule has 0 saturated heterocycles. The normalized spacial score (nSPS) is 10.4. The topological polar surface area (TPSA) is 78.5 Å². The van der Waals surface area contributed by atoms with Gasteiger partial charge in [-0.15, -0.1) is 0 Å². The van der Waals surface area contributed by atoms with E-state index in [0.717, 1.165) is 5.56 Å². The van der Waals surface area contributed by atoms with Gasteiger partial charge in [-0.2, -0.15) is 11.3 Å². The lowest BCUT2D eigenvalue weighted by Gasteiger charge is -2.14. The van der Waals surface area contributed by atoms with E-state index in [1.165, 1.54) is 30.3 Å². The molecule has 0 aliphatic rings. The van der Waals surface area contributed by atoms with Crippen LogP contribution in [0.3, 0.4) is 0 Å². The Morgan fingerprint density at radius 2 is 1.89 bits per heavy atom. The third-order valence-electron chi connectivity index (χ3n) is 3.62. The van der Waals surface area contributed by atoms with Gasteiger partial charge >= 0.3 is 0 Å². The van der Waals surface area contributed by atoms with Crippen LogP contribution in [0.15, 0.2) is 53.2 Å². The Kier molecular flexibility index (Phi) is 6.01. The van der Waals surface area contributed by atoms with E-state index in [1.54, 1.807) is 17.4 Å². The molecule has 3 aromatic rings. The zero-order valence-electron chi connectivity index (χ0n) is 13.7. The fourth-order valence-corrected chi connectivity index (χ4v) is 3.44. The van der Waals surface area contributed by atoms with Crippen molar-refractivity contribution >= 4 is 52.1 Å². The van der Waals surface area contributed by atoms with Crippen LogP contribution in [0, 0.1) is 0 Å². The molecular weight excluding hydrogens is 409 g/mol. The summed E-state index contributed by atoms with van der Waals surface area (Å²) in [5, 5.41) is 18.4. The first-order valence-electron chi connectivity index (χ1n) is 7.69. The molecule has 0 aliphatic carbocycles. The molecule has 138 valence electrons. The van der Waals surface area contributed by atoms with Gasteiger partial charge in [-0.05, 0) is 58.8 Å². The highest BCUT2D eigenvalue weighted by atomic mass is 35.5. The van der Waals surface area contributed by atoms with Crippen LogP contribution in [0.5, 0.6) is 5.75 Å². The summed E-state index contributed by atoms with van der Waals surface area (Å²) in [5.41, 5.74) is 1.03. The molecule has 1 N–H and O–H groups in total. The molecule has 27 heavy (non-hydrogen) atoms. The minimum atomic E-state index is -1.44. The second-order valence-electron chi connectivity index (χ2n) is 5.49. The number of ether oxygens (including phenoxy) is 1. The molecule has 1 aromatic heterocycles. The number of carbonyl (C=O) groups excluding carboxylic acids is 2. The SMILES string of the molecule is O=C(Nc1ccc(OCc2ccsc2)cc1C(=O)[O-])c1ccc(Cl)cc1Cl. The van der Waals surface area contributed by atoms with Gasteiger partial charge in [0.15, 0.2) is 0 Å². The third-order valence-corrected chi connectivity index (χ3v) is 4.90. The molecule has 0 aliphatic heterocycles. The van der Waals surface area contributed by atoms with Crippen LogP contribution in [0.2, 0.25) is 10.0 Å². The van der Waals surface area contributed by atoms with Gasteiger partial charge in [-0.3, -0.25) is 4.79 Å². The van der Waals surface area contributed by atoms with Gasteiger partial charge in [-0.1, -0.05) is 23.2 Å². The highest BCUT2D eigenvalue weighted by Gasteiger charge is 2.14. The number of aromatic carboxylic acids is 1. The number of halogens is 2. The molecule has 0 radical (unpaired) electrons. The zero-order chi connectivity index (χ0) is 19.4. The molecule has 0 spiro atoms. The Morgan fingerprint density at radius 3 is 2.56 bits per heavy atom. The van der Waals surface area contributed by atoms with E-state index < -0.39 is 11.9 Å². The molecule has 1 amide bonds. The molecule has 2 aromatic carbocycles. The highest BCUT2D eigenvalue weighted by Crippen LogP contribution is 2.26. The van der Waals surface area contributed by atoms with Gasteiger partial charge < -0.3 is 20.0 Å². The summed E-state index contributed by atoms with van der Waals surface area (Å²) in [6.07, 6.45) is 0. The number of carboxylic acids is 1. The van der Waals surface area contributed by atoms with Crippen molar-refractivity contribution in [3.05, 3.63) is 80.0 Å². The number of rotatable bonds is 6. The van der Waals surface area contributed by atoms with Crippen molar-refractivity contribution in [1.82, 2.24) is 0 Å². The van der Waals surface area contributed by atoms with Gasteiger partial charge in [0, 0.05) is 10.6 Å². The Labute approximate surface area is 169 Å². The first kappa shape index (κ1) is 19.2. The van der Waals surface area contributed by atoms with E-state index in [4.69, 9.17) is 27.9 Å². The lowest BCUT2D eigenvalue weighted by Crippen LogP contribution is -2.25. The summed E-state index contributed by atoms with van der Waals surface area (Å²) in [5.74, 6) is -1.65. The lowest BCUT2D eigenvalue weighted by atomic mass is 10.1. The van der Waals surface area contributed by atoms with Crippen LogP contribution in [0.25, 0.3) is 0 Å². The van der Waals surface area contributed by atoms with Gasteiger partial charge in [-0.25, -0.2) is 0 Å². The molecule has 0 bridgehead atoms. The van der Waals surface area contributed by atoms with Crippen LogP contribution in [0.4, 0.5) is 5.69 Å². The number of amides is 1. The summed E-state index contributed by atoms with van der Waals surface area (Å²) in [6.45, 7) is 0.308. The van der Waals surface area contributed by atoms with Crippen molar-refractivity contribution in [2.24, 2.45) is 0 Å². The molecule has 1 heterocycles. The number of carboxylic acid groups (broad SMARTS) is 1. The zero-order valence-corrected chi connectivity index (χ0v) is 16.0. The largest absolute Gasteiger partial charge is 0.545 e. The van der Waals surface area contributed by atoms with Crippen molar-refractivity contribution in [3.63, 3.8) is 0 Å². The summed E-state index contributed by atoms with van der Waals surface area (Å²) < 4.78 is 5.59. The van der Waals surface area contributed by atoms with Gasteiger partial charge in [0.2, 0.25) is 0 Å². The predicted octanol–water partition coefficient (Wildman–Crippen LogP) is 4.25. The second kappa shape index (κ2) is 8.43. The second-order valence-corrected chi connectivity index (χ2v) is 7.12. The minimum Gasteiger partial charge on any atom is -0.545 e. The van der Waals surface area contributed by atoms with Crippen LogP contribution in [-0.4, -0.2) is 11.9 Å². The molecule has 0 unspecified atom stereocenters. The van der Waals surface area contributed by atoms with E-state index in [-0.39, 0.29) is 21.8 Å². The fourth-order valence-electron chi connectivity index (χ4n) is 2.30. The number of hydrogen-bond donors (Lipinski definition) is 1. The fraction of sp³-hybridized carbons (Fsp3) is 0.0526. The predicted molar refractivity (Wildman–Crippen MR) is 104 cm³/mol. The van der Waals surface area contributed by atoms with E-state index >= 15 is 0 Å². The molecule has 5 nitrogen and oxygen atoms in total. The highest BCUT2D eigenvalue weighted by molar-refractivity contribution is 7.07. The Hall–Kier alpha value is -2.54. The number of nitrogens with one attached hydrogen (secondary N) is 1. The summed E-state index contributed by atoms with van der Waals surface area (Å²) in [7, 11) is 0. The molecule has 0 atom stereocenters. The first-order chi connectivity index (χ1) is 12.9.